The molecule has 1 aromatic rings. The Labute approximate surface area is 116 Å². The minimum atomic E-state index is 0.831. The van der Waals surface area contributed by atoms with Gasteiger partial charge >= 0.3 is 0 Å². The van der Waals surface area contributed by atoms with Crippen LogP contribution in [0.15, 0.2) is 63.6 Å². The number of pyridine rings is 1. The highest BCUT2D eigenvalue weighted by Crippen LogP contribution is 2.31. The minimum Gasteiger partial charge on any atom is -0.256 e. The lowest BCUT2D eigenvalue weighted by atomic mass is 10.1. The van der Waals surface area contributed by atoms with Gasteiger partial charge < -0.3 is 0 Å². The van der Waals surface area contributed by atoms with Crippen LogP contribution in [0.4, 0.5) is 0 Å². The van der Waals surface area contributed by atoms with Crippen molar-refractivity contribution >= 4 is 29.8 Å². The van der Waals surface area contributed by atoms with Gasteiger partial charge in [0.25, 0.3) is 0 Å². The number of hydrogen-bond acceptors (Lipinski definition) is 3. The number of thioether (sulfide) groups is 1. The van der Waals surface area contributed by atoms with Crippen molar-refractivity contribution < 1.29 is 0 Å². The molecule has 1 aromatic heterocycles. The predicted molar refractivity (Wildman–Crippen MR) is 81.9 cm³/mol. The lowest BCUT2D eigenvalue weighted by molar-refractivity contribution is 1.21. The molecule has 0 unspecified atom stereocenters. The van der Waals surface area contributed by atoms with Crippen molar-refractivity contribution in [2.45, 2.75) is 6.42 Å². The van der Waals surface area contributed by atoms with Gasteiger partial charge in [0.15, 0.2) is 0 Å². The first-order valence-electron chi connectivity index (χ1n) is 6.02. The first-order chi connectivity index (χ1) is 9.33. The van der Waals surface area contributed by atoms with E-state index in [2.05, 4.69) is 40.6 Å². The second-order valence-electron chi connectivity index (χ2n) is 4.20. The van der Waals surface area contributed by atoms with Crippen molar-refractivity contribution in [2.75, 3.05) is 0 Å². The summed E-state index contributed by atoms with van der Waals surface area (Å²) in [5.74, 6) is 2.91. The second kappa shape index (κ2) is 5.27. The second-order valence-corrected chi connectivity index (χ2v) is 5.31. The molecule has 0 spiro atoms. The van der Waals surface area contributed by atoms with Gasteiger partial charge in [0, 0.05) is 11.1 Å². The lowest BCUT2D eigenvalue weighted by Gasteiger charge is -2.03. The third kappa shape index (κ3) is 2.68. The molecule has 2 aliphatic heterocycles. The van der Waals surface area contributed by atoms with Crippen molar-refractivity contribution in [3.05, 3.63) is 69.2 Å². The molecule has 0 aromatic carbocycles. The van der Waals surface area contributed by atoms with Crippen LogP contribution in [-0.4, -0.2) is 10.9 Å². The van der Waals surface area contributed by atoms with E-state index in [1.807, 2.05) is 24.3 Å². The first kappa shape index (κ1) is 12.0. The molecule has 3 rings (SSSR count). The molecule has 0 saturated carbocycles. The monoisotopic (exact) mass is 264 g/mol. The summed E-state index contributed by atoms with van der Waals surface area (Å²) < 4.78 is 0. The van der Waals surface area contributed by atoms with Gasteiger partial charge in [0.2, 0.25) is 0 Å². The van der Waals surface area contributed by atoms with E-state index in [0.29, 0.717) is 0 Å². The molecule has 0 saturated heterocycles. The van der Waals surface area contributed by atoms with Gasteiger partial charge in [0.1, 0.15) is 5.03 Å². The van der Waals surface area contributed by atoms with Gasteiger partial charge in [-0.25, -0.2) is 0 Å². The van der Waals surface area contributed by atoms with Crippen LogP contribution in [0.3, 0.4) is 0 Å². The van der Waals surface area contributed by atoms with Crippen LogP contribution >= 0.6 is 11.8 Å². The molecule has 0 amide bonds. The van der Waals surface area contributed by atoms with Crippen LogP contribution in [0.1, 0.15) is 6.42 Å². The third-order valence-corrected chi connectivity index (χ3v) is 3.77. The summed E-state index contributed by atoms with van der Waals surface area (Å²) in [5.41, 5.74) is 1.18. The highest BCUT2D eigenvalue weighted by atomic mass is 32.2. The van der Waals surface area contributed by atoms with Gasteiger partial charge in [-0.05, 0) is 41.3 Å². The summed E-state index contributed by atoms with van der Waals surface area (Å²) in [7, 11) is 0. The van der Waals surface area contributed by atoms with Gasteiger partial charge in [-0.15, -0.1) is 0 Å². The summed E-state index contributed by atoms with van der Waals surface area (Å²) in [6.07, 6.45) is 12.7. The molecule has 3 heterocycles. The van der Waals surface area contributed by atoms with Crippen molar-refractivity contribution in [3.8, 4) is 0 Å². The maximum absolute atomic E-state index is 4.40. The third-order valence-electron chi connectivity index (χ3n) is 2.85. The van der Waals surface area contributed by atoms with Crippen LogP contribution in [0.2, 0.25) is 0 Å². The molecule has 3 heteroatoms. The Kier molecular flexibility index (Phi) is 3.32. The van der Waals surface area contributed by atoms with Crippen molar-refractivity contribution in [2.24, 2.45) is 4.99 Å². The van der Waals surface area contributed by atoms with Crippen LogP contribution in [0.25, 0.3) is 12.2 Å². The van der Waals surface area contributed by atoms with E-state index in [9.17, 15) is 0 Å². The normalized spacial score (nSPS) is 20.9. The molecule has 19 heavy (non-hydrogen) atoms. The van der Waals surface area contributed by atoms with Crippen LogP contribution in [-0.2, 0) is 0 Å². The largest absolute Gasteiger partial charge is 0.256 e. The van der Waals surface area contributed by atoms with Crippen LogP contribution < -0.4 is 10.6 Å². The van der Waals surface area contributed by atoms with Crippen molar-refractivity contribution in [1.29, 1.82) is 0 Å². The average molecular weight is 264 g/mol. The van der Waals surface area contributed by atoms with Gasteiger partial charge in [-0.2, -0.15) is 4.99 Å². The topological polar surface area (TPSA) is 25.2 Å². The van der Waals surface area contributed by atoms with E-state index in [4.69, 9.17) is 0 Å². The number of aliphatic imine (C=N–C) groups is 1. The number of aromatic nitrogens is 1. The molecular formula is C16H12N2S. The molecule has 0 N–H and O–H groups in total. The number of rotatable bonds is 0. The summed E-state index contributed by atoms with van der Waals surface area (Å²) in [4.78, 5) is 9.69. The zero-order chi connectivity index (χ0) is 13.1. The lowest BCUT2D eigenvalue weighted by Crippen LogP contribution is -2.27. The fourth-order valence-electron chi connectivity index (χ4n) is 1.94. The van der Waals surface area contributed by atoms with Crippen LogP contribution in [0.5, 0.6) is 0 Å². The Morgan fingerprint density at radius 3 is 3.26 bits per heavy atom. The van der Waals surface area contributed by atoms with E-state index in [0.717, 1.165) is 26.9 Å². The summed E-state index contributed by atoms with van der Waals surface area (Å²) in [5, 5.41) is 3.05. The molecule has 0 fully saturated rings. The molecular weight excluding hydrogens is 252 g/mol. The Hall–Kier alpha value is -2.09. The molecule has 0 bridgehead atoms. The van der Waals surface area contributed by atoms with Gasteiger partial charge in [-0.3, -0.25) is 4.98 Å². The van der Waals surface area contributed by atoms with E-state index in [-0.39, 0.29) is 0 Å². The zero-order valence-electron chi connectivity index (χ0n) is 10.3. The number of allylic oxidation sites excluding steroid dienone is 5. The molecule has 92 valence electrons. The fourth-order valence-corrected chi connectivity index (χ4v) is 2.74. The van der Waals surface area contributed by atoms with Crippen molar-refractivity contribution in [3.63, 3.8) is 0 Å². The molecule has 2 nitrogen and oxygen atoms in total. The quantitative estimate of drug-likeness (QED) is 0.718. The molecule has 0 atom stereocenters. The highest BCUT2D eigenvalue weighted by molar-refractivity contribution is 8.07. The SMILES string of the molecule is C=C1/C=c2/nccc/c2=C/CC2=C(N=C=CC=C2)S1. The molecule has 2 aliphatic rings. The van der Waals surface area contributed by atoms with E-state index >= 15 is 0 Å². The summed E-state index contributed by atoms with van der Waals surface area (Å²) in [6, 6.07) is 4.03. The fraction of sp³-hybridized carbons (Fsp3) is 0.0625. The first-order valence-corrected chi connectivity index (χ1v) is 6.83. The molecule has 0 aliphatic carbocycles. The van der Waals surface area contributed by atoms with Gasteiger partial charge in [0.05, 0.1) is 5.35 Å². The highest BCUT2D eigenvalue weighted by Gasteiger charge is 2.07. The summed E-state index contributed by atoms with van der Waals surface area (Å²) >= 11 is 1.56. The Morgan fingerprint density at radius 2 is 2.32 bits per heavy atom. The van der Waals surface area contributed by atoms with Gasteiger partial charge in [-0.1, -0.05) is 42.6 Å². The van der Waals surface area contributed by atoms with Crippen molar-refractivity contribution in [1.82, 2.24) is 4.98 Å². The number of hydrogen-bond donors (Lipinski definition) is 0. The zero-order valence-corrected chi connectivity index (χ0v) is 11.2. The molecule has 0 radical (unpaired) electrons. The average Bonchev–Trinajstić information content (AvgIpc) is 2.59. The maximum Gasteiger partial charge on any atom is 0.114 e. The Balaban J connectivity index is 2.18. The Bertz CT molecular complexity index is 775. The number of nitrogens with zero attached hydrogens (tertiary/aromatic N) is 2. The minimum absolute atomic E-state index is 0.831. The van der Waals surface area contributed by atoms with Crippen LogP contribution in [0, 0.1) is 0 Å². The standard InChI is InChI=1S/C16H12N2S/c1-12-11-15-13(6-4-10-17-15)7-8-14-5-2-3-9-18-16(14)19-12/h2-7,10-11H,1,8H2/b13-7-,15-11+. The number of fused-ring (bicyclic) bond motifs is 1. The summed E-state index contributed by atoms with van der Waals surface area (Å²) in [6.45, 7) is 4.08. The van der Waals surface area contributed by atoms with E-state index in [1.54, 1.807) is 18.0 Å². The predicted octanol–water partition coefficient (Wildman–Crippen LogP) is 2.30. The smallest absolute Gasteiger partial charge is 0.114 e. The van der Waals surface area contributed by atoms with E-state index < -0.39 is 0 Å². The maximum atomic E-state index is 4.40. The van der Waals surface area contributed by atoms with E-state index in [1.165, 1.54) is 5.57 Å². The Morgan fingerprint density at radius 1 is 1.37 bits per heavy atom.